The third-order valence-corrected chi connectivity index (χ3v) is 11.2. The Kier molecular flexibility index (Phi) is 7.31. The monoisotopic (exact) mass is 657 g/mol. The van der Waals surface area contributed by atoms with Gasteiger partial charge < -0.3 is 29.9 Å². The van der Waals surface area contributed by atoms with Gasteiger partial charge in [0, 0.05) is 29.4 Å². The highest BCUT2D eigenvalue weighted by atomic mass is 32.1. The number of aromatic amines is 1. The summed E-state index contributed by atoms with van der Waals surface area (Å²) in [7, 11) is -5.75. The molecule has 3 aliphatic heterocycles. The van der Waals surface area contributed by atoms with Crippen molar-refractivity contribution in [2.75, 3.05) is 13.1 Å². The van der Waals surface area contributed by atoms with Gasteiger partial charge in [-0.05, 0) is 67.8 Å². The number of likely N-dealkylation sites (tertiary alicyclic amines) is 1. The van der Waals surface area contributed by atoms with Crippen LogP contribution in [-0.2, 0) is 19.8 Å². The lowest BCUT2D eigenvalue weighted by Crippen LogP contribution is -2.58. The lowest BCUT2D eigenvalue weighted by atomic mass is 9.97. The fraction of sp³-hybridized carbons (Fsp3) is 0.400. The zero-order valence-corrected chi connectivity index (χ0v) is 25.6. The van der Waals surface area contributed by atoms with Gasteiger partial charge in [0.1, 0.15) is 17.9 Å². The molecule has 2 aromatic carbocycles. The zero-order chi connectivity index (χ0) is 31.7. The van der Waals surface area contributed by atoms with E-state index >= 15 is 0 Å². The third-order valence-electron chi connectivity index (χ3n) is 9.12. The van der Waals surface area contributed by atoms with Crippen LogP contribution in [0.2, 0.25) is 0 Å². The molecule has 0 spiro atoms. The van der Waals surface area contributed by atoms with E-state index in [-0.39, 0.29) is 34.0 Å². The molecular weight excluding hydrogens is 627 g/mol. The standard InChI is InChI=1S/C30H30F2N5O6PS/c31-30(32,44(41,42)43)18-8-11-24-16(12-18)13-25(45-24)27(38)35-22-7-3-4-19-9-10-23(37(19)28(22)39)29(40)36-14-17(15-36)26-33-20-5-1-2-6-21(20)34-26/h1-2,5-6,8,11-13,17,19,22-23H,3-4,7,9-10,14-15H2,(H,33,34)(H,35,38)(H2,41,42,43)/t19-,22-,23-/m0/s1. The molecule has 11 nitrogen and oxygen atoms in total. The molecule has 4 aromatic rings. The summed E-state index contributed by atoms with van der Waals surface area (Å²) in [5.41, 5.74) is -3.40. The van der Waals surface area contributed by atoms with Crippen LogP contribution >= 0.6 is 18.9 Å². The molecule has 15 heteroatoms. The van der Waals surface area contributed by atoms with Crippen molar-refractivity contribution in [3.63, 3.8) is 0 Å². The zero-order valence-electron chi connectivity index (χ0n) is 23.9. The first kappa shape index (κ1) is 30.0. The van der Waals surface area contributed by atoms with Gasteiger partial charge in [0.15, 0.2) is 0 Å². The van der Waals surface area contributed by atoms with Crippen molar-refractivity contribution in [2.45, 2.75) is 61.8 Å². The Labute approximate surface area is 259 Å². The number of carbonyl (C=O) groups excluding carboxylic acids is 3. The summed E-state index contributed by atoms with van der Waals surface area (Å²) >= 11 is 1.02. The fourth-order valence-electron chi connectivity index (χ4n) is 6.69. The first-order valence-corrected chi connectivity index (χ1v) is 17.2. The highest BCUT2D eigenvalue weighted by Gasteiger charge is 2.51. The molecular formula is C30H30F2N5O6PS. The van der Waals surface area contributed by atoms with E-state index in [1.165, 1.54) is 12.1 Å². The van der Waals surface area contributed by atoms with Gasteiger partial charge in [0.25, 0.3) is 5.91 Å². The molecule has 5 heterocycles. The Morgan fingerprint density at radius 1 is 1.07 bits per heavy atom. The SMILES string of the molecule is O=C(N[C@H]1CCC[C@H]2CC[C@@H](C(=O)N3CC(c4nc5ccccc5[nH]4)C3)N2C1=O)c1cc2cc(C(F)(F)P(=O)(O)O)ccc2s1. The van der Waals surface area contributed by atoms with Crippen molar-refractivity contribution in [3.8, 4) is 0 Å². The van der Waals surface area contributed by atoms with E-state index in [4.69, 9.17) is 9.79 Å². The Balaban J connectivity index is 1.03. The minimum atomic E-state index is -5.75. The fourth-order valence-corrected chi connectivity index (χ4v) is 8.11. The second-order valence-electron chi connectivity index (χ2n) is 12.0. The molecule has 3 atom stereocenters. The number of rotatable bonds is 6. The van der Waals surface area contributed by atoms with Crippen molar-refractivity contribution in [1.29, 1.82) is 0 Å². The lowest BCUT2D eigenvalue weighted by molar-refractivity contribution is -0.148. The number of nitrogens with zero attached hydrogens (tertiary/aromatic N) is 3. The minimum Gasteiger partial charge on any atom is -0.342 e. The predicted octanol–water partition coefficient (Wildman–Crippen LogP) is 4.27. The third kappa shape index (κ3) is 5.23. The second-order valence-corrected chi connectivity index (χ2v) is 14.7. The van der Waals surface area contributed by atoms with E-state index in [9.17, 15) is 27.7 Å². The van der Waals surface area contributed by atoms with Crippen molar-refractivity contribution in [3.05, 3.63) is 64.8 Å². The lowest BCUT2D eigenvalue weighted by Gasteiger charge is -2.41. The molecule has 2 aromatic heterocycles. The van der Waals surface area contributed by atoms with Crippen LogP contribution in [0.1, 0.15) is 59.1 Å². The highest BCUT2D eigenvalue weighted by molar-refractivity contribution is 7.52. The van der Waals surface area contributed by atoms with Crippen molar-refractivity contribution < 1.29 is 37.5 Å². The molecule has 3 amide bonds. The molecule has 0 radical (unpaired) electrons. The molecule has 7 rings (SSSR count). The number of nitrogens with one attached hydrogen (secondary N) is 2. The molecule has 0 unspecified atom stereocenters. The quantitative estimate of drug-likeness (QED) is 0.226. The Morgan fingerprint density at radius 2 is 1.84 bits per heavy atom. The summed E-state index contributed by atoms with van der Waals surface area (Å²) in [5.74, 6) is -0.0369. The van der Waals surface area contributed by atoms with E-state index in [1.807, 2.05) is 24.3 Å². The number of fused-ring (bicyclic) bond motifs is 3. The molecule has 45 heavy (non-hydrogen) atoms. The van der Waals surface area contributed by atoms with Gasteiger partial charge in [-0.25, -0.2) is 4.98 Å². The van der Waals surface area contributed by atoms with Crippen LogP contribution in [0, 0.1) is 0 Å². The van der Waals surface area contributed by atoms with Crippen LogP contribution in [-0.4, -0.2) is 78.5 Å². The van der Waals surface area contributed by atoms with Crippen molar-refractivity contribution >= 4 is 57.8 Å². The van der Waals surface area contributed by atoms with Crippen LogP contribution in [0.15, 0.2) is 48.5 Å². The molecule has 4 N–H and O–H groups in total. The molecule has 3 aliphatic rings. The number of aromatic nitrogens is 2. The van der Waals surface area contributed by atoms with E-state index in [1.54, 1.807) is 9.80 Å². The van der Waals surface area contributed by atoms with Crippen molar-refractivity contribution in [2.24, 2.45) is 0 Å². The van der Waals surface area contributed by atoms with Gasteiger partial charge in [-0.15, -0.1) is 11.3 Å². The van der Waals surface area contributed by atoms with Gasteiger partial charge in [0.05, 0.1) is 21.8 Å². The molecule has 0 aliphatic carbocycles. The smallest absolute Gasteiger partial charge is 0.342 e. The Morgan fingerprint density at radius 3 is 2.60 bits per heavy atom. The summed E-state index contributed by atoms with van der Waals surface area (Å²) in [6.45, 7) is 1.02. The molecule has 3 fully saturated rings. The average molecular weight is 658 g/mol. The van der Waals surface area contributed by atoms with Gasteiger partial charge >= 0.3 is 13.3 Å². The number of benzene rings is 2. The maximum atomic E-state index is 14.2. The van der Waals surface area contributed by atoms with Crippen LogP contribution in [0.3, 0.4) is 0 Å². The number of hydrogen-bond acceptors (Lipinski definition) is 6. The van der Waals surface area contributed by atoms with Crippen LogP contribution in [0.4, 0.5) is 8.78 Å². The van der Waals surface area contributed by atoms with Gasteiger partial charge in [-0.3, -0.25) is 18.9 Å². The van der Waals surface area contributed by atoms with E-state index in [0.29, 0.717) is 43.5 Å². The van der Waals surface area contributed by atoms with Crippen LogP contribution < -0.4 is 5.32 Å². The number of halogens is 2. The first-order chi connectivity index (χ1) is 21.4. The largest absolute Gasteiger partial charge is 0.399 e. The van der Waals surface area contributed by atoms with E-state index in [0.717, 1.165) is 46.7 Å². The molecule has 0 saturated carbocycles. The number of imidazole rings is 1. The summed E-state index contributed by atoms with van der Waals surface area (Å²) in [6.07, 6.45) is 3.08. The van der Waals surface area contributed by atoms with Crippen LogP contribution in [0.25, 0.3) is 21.1 Å². The number of alkyl halides is 2. The van der Waals surface area contributed by atoms with Gasteiger partial charge in [-0.1, -0.05) is 18.2 Å². The predicted molar refractivity (Wildman–Crippen MR) is 162 cm³/mol. The summed E-state index contributed by atoms with van der Waals surface area (Å²) < 4.78 is 40.3. The number of amides is 3. The maximum Gasteiger partial charge on any atom is 0.399 e. The Hall–Kier alpha value is -3.71. The van der Waals surface area contributed by atoms with E-state index < -0.39 is 36.8 Å². The number of thiophene rings is 1. The minimum absolute atomic E-state index is 0.0840. The Bertz CT molecular complexity index is 1850. The highest BCUT2D eigenvalue weighted by Crippen LogP contribution is 2.59. The van der Waals surface area contributed by atoms with Crippen LogP contribution in [0.5, 0.6) is 0 Å². The summed E-state index contributed by atoms with van der Waals surface area (Å²) in [5, 5.41) is 3.02. The molecule has 3 saturated heterocycles. The molecule has 236 valence electrons. The topological polar surface area (TPSA) is 156 Å². The van der Waals surface area contributed by atoms with Gasteiger partial charge in [0.2, 0.25) is 11.8 Å². The number of para-hydroxylation sites is 2. The average Bonchev–Trinajstić information content (AvgIpc) is 3.68. The normalized spacial score (nSPS) is 22.8. The number of hydrogen-bond donors (Lipinski definition) is 4. The summed E-state index contributed by atoms with van der Waals surface area (Å²) in [4.78, 5) is 70.4. The van der Waals surface area contributed by atoms with Gasteiger partial charge in [-0.2, -0.15) is 8.78 Å². The van der Waals surface area contributed by atoms with E-state index in [2.05, 4.69) is 15.3 Å². The summed E-state index contributed by atoms with van der Waals surface area (Å²) in [6, 6.07) is 10.7. The van der Waals surface area contributed by atoms with Crippen molar-refractivity contribution in [1.82, 2.24) is 25.1 Å². The first-order valence-electron chi connectivity index (χ1n) is 14.7. The second kappa shape index (κ2) is 11.0. The molecule has 0 bridgehead atoms. The number of carbonyl (C=O) groups is 3. The maximum absolute atomic E-state index is 14.2. The number of H-pyrrole nitrogens is 1.